The fourth-order valence-electron chi connectivity index (χ4n) is 3.38. The third kappa shape index (κ3) is 24.5. The summed E-state index contributed by atoms with van der Waals surface area (Å²) in [6.45, 7) is 0.923. The molecule has 0 spiro atoms. The second-order valence-electron chi connectivity index (χ2n) is 7.70. The minimum absolute atomic E-state index is 0.461. The molecule has 0 aromatic carbocycles. The van der Waals surface area contributed by atoms with Crippen LogP contribution in [0.1, 0.15) is 116 Å². The largest absolute Gasteiger partial charge is 0.450 e. The van der Waals surface area contributed by atoms with Crippen molar-refractivity contribution in [2.75, 3.05) is 13.2 Å². The first kappa shape index (κ1) is 26.5. The number of hydrogen-bond donors (Lipinski definition) is 2. The van der Waals surface area contributed by atoms with E-state index < -0.39 is 12.2 Å². The molecule has 0 unspecified atom stereocenters. The zero-order valence-corrected chi connectivity index (χ0v) is 17.9. The van der Waals surface area contributed by atoms with Crippen molar-refractivity contribution in [1.29, 1.82) is 0 Å². The Labute approximate surface area is 172 Å². The summed E-state index contributed by atoms with van der Waals surface area (Å²) in [5.41, 5.74) is 9.82. The standard InChI is InChI=1S/C22H44N2O4/c23-21(25)27-19-17-15-13-11-9-7-5-3-1-2-4-6-8-10-12-14-16-18-20-28-22(24)26/h1-20H2,(H2,23,25)(H2,24,26). The Morgan fingerprint density at radius 1 is 0.393 bits per heavy atom. The lowest BCUT2D eigenvalue weighted by atomic mass is 10.0. The number of rotatable bonds is 21. The SMILES string of the molecule is NC(=O)OCCCCCCCCCCCCCCCCCCCCOC(N)=O. The van der Waals surface area contributed by atoms with Gasteiger partial charge in [0.1, 0.15) is 0 Å². The average Bonchev–Trinajstić information content (AvgIpc) is 2.65. The average molecular weight is 401 g/mol. The zero-order valence-electron chi connectivity index (χ0n) is 17.9. The molecule has 0 saturated heterocycles. The van der Waals surface area contributed by atoms with Crippen molar-refractivity contribution >= 4 is 12.2 Å². The van der Waals surface area contributed by atoms with Crippen LogP contribution in [0.4, 0.5) is 9.59 Å². The quantitative estimate of drug-likeness (QED) is 0.224. The second kappa shape index (κ2) is 21.8. The molecule has 6 heteroatoms. The highest BCUT2D eigenvalue weighted by atomic mass is 16.5. The summed E-state index contributed by atoms with van der Waals surface area (Å²) in [7, 11) is 0. The van der Waals surface area contributed by atoms with E-state index in [9.17, 15) is 9.59 Å². The predicted octanol–water partition coefficient (Wildman–Crippen LogP) is 6.20. The molecule has 6 nitrogen and oxygen atoms in total. The van der Waals surface area contributed by atoms with Gasteiger partial charge in [-0.1, -0.05) is 103 Å². The number of primary amides is 2. The van der Waals surface area contributed by atoms with Gasteiger partial charge in [0.05, 0.1) is 13.2 Å². The van der Waals surface area contributed by atoms with Crippen LogP contribution in [-0.4, -0.2) is 25.4 Å². The van der Waals surface area contributed by atoms with Crippen molar-refractivity contribution in [3.63, 3.8) is 0 Å². The lowest BCUT2D eigenvalue weighted by Crippen LogP contribution is -2.13. The summed E-state index contributed by atoms with van der Waals surface area (Å²) >= 11 is 0. The first-order valence-corrected chi connectivity index (χ1v) is 11.5. The maximum Gasteiger partial charge on any atom is 0.404 e. The normalized spacial score (nSPS) is 10.7. The molecule has 0 aliphatic heterocycles. The van der Waals surface area contributed by atoms with Crippen LogP contribution in [0, 0.1) is 0 Å². The van der Waals surface area contributed by atoms with Crippen molar-refractivity contribution in [2.45, 2.75) is 116 Å². The van der Waals surface area contributed by atoms with E-state index in [0.717, 1.165) is 25.7 Å². The molecular formula is C22H44N2O4. The van der Waals surface area contributed by atoms with Crippen molar-refractivity contribution in [2.24, 2.45) is 11.5 Å². The van der Waals surface area contributed by atoms with Gasteiger partial charge in [0, 0.05) is 0 Å². The molecule has 0 fully saturated rings. The van der Waals surface area contributed by atoms with Crippen LogP contribution in [0.15, 0.2) is 0 Å². The van der Waals surface area contributed by atoms with Crippen LogP contribution in [0.25, 0.3) is 0 Å². The molecule has 0 aliphatic carbocycles. The van der Waals surface area contributed by atoms with Gasteiger partial charge in [-0.15, -0.1) is 0 Å². The molecule has 0 aliphatic rings. The predicted molar refractivity (Wildman–Crippen MR) is 114 cm³/mol. The van der Waals surface area contributed by atoms with E-state index in [4.69, 9.17) is 20.9 Å². The van der Waals surface area contributed by atoms with Gasteiger partial charge in [0.15, 0.2) is 0 Å². The monoisotopic (exact) mass is 400 g/mol. The van der Waals surface area contributed by atoms with Gasteiger partial charge in [0.2, 0.25) is 0 Å². The smallest absolute Gasteiger partial charge is 0.404 e. The van der Waals surface area contributed by atoms with Crippen LogP contribution >= 0.6 is 0 Å². The minimum atomic E-state index is -0.666. The van der Waals surface area contributed by atoms with Crippen molar-refractivity contribution in [3.8, 4) is 0 Å². The molecule has 0 atom stereocenters. The highest BCUT2D eigenvalue weighted by Crippen LogP contribution is 2.14. The molecule has 0 bridgehead atoms. The highest BCUT2D eigenvalue weighted by molar-refractivity contribution is 5.64. The topological polar surface area (TPSA) is 105 Å². The summed E-state index contributed by atoms with van der Waals surface area (Å²) in [5.74, 6) is 0. The molecule has 28 heavy (non-hydrogen) atoms. The lowest BCUT2D eigenvalue weighted by molar-refractivity contribution is 0.153. The van der Waals surface area contributed by atoms with Gasteiger partial charge >= 0.3 is 12.2 Å². The van der Waals surface area contributed by atoms with Gasteiger partial charge in [-0.25, -0.2) is 9.59 Å². The third-order valence-corrected chi connectivity index (χ3v) is 5.03. The first-order valence-electron chi connectivity index (χ1n) is 11.5. The van der Waals surface area contributed by atoms with Crippen LogP contribution in [0.3, 0.4) is 0 Å². The van der Waals surface area contributed by atoms with Gasteiger partial charge in [-0.3, -0.25) is 0 Å². The molecule has 166 valence electrons. The fraction of sp³-hybridized carbons (Fsp3) is 0.909. The Morgan fingerprint density at radius 2 is 0.571 bits per heavy atom. The minimum Gasteiger partial charge on any atom is -0.450 e. The third-order valence-electron chi connectivity index (χ3n) is 5.03. The zero-order chi connectivity index (χ0) is 20.7. The van der Waals surface area contributed by atoms with Crippen molar-refractivity contribution in [3.05, 3.63) is 0 Å². The van der Waals surface area contributed by atoms with E-state index in [0.29, 0.717) is 13.2 Å². The van der Waals surface area contributed by atoms with Gasteiger partial charge in [-0.05, 0) is 12.8 Å². The van der Waals surface area contributed by atoms with Gasteiger partial charge < -0.3 is 20.9 Å². The number of hydrogen-bond acceptors (Lipinski definition) is 4. The first-order chi connectivity index (χ1) is 13.6. The summed E-state index contributed by atoms with van der Waals surface area (Å²) in [5, 5.41) is 0. The number of carbonyl (C=O) groups is 2. The maximum absolute atomic E-state index is 10.4. The number of unbranched alkanes of at least 4 members (excludes halogenated alkanes) is 17. The Morgan fingerprint density at radius 3 is 0.750 bits per heavy atom. The summed E-state index contributed by atoms with van der Waals surface area (Å²) < 4.78 is 9.41. The van der Waals surface area contributed by atoms with Crippen LogP contribution in [0.5, 0.6) is 0 Å². The summed E-state index contributed by atoms with van der Waals surface area (Å²) in [6.07, 6.45) is 21.4. The summed E-state index contributed by atoms with van der Waals surface area (Å²) in [4.78, 5) is 20.8. The molecule has 0 saturated carbocycles. The van der Waals surface area contributed by atoms with E-state index in [1.54, 1.807) is 0 Å². The Hall–Kier alpha value is -1.46. The molecule has 0 heterocycles. The van der Waals surface area contributed by atoms with E-state index in [1.165, 1.54) is 89.9 Å². The lowest BCUT2D eigenvalue weighted by Gasteiger charge is -2.04. The molecule has 2 amide bonds. The van der Waals surface area contributed by atoms with E-state index in [-0.39, 0.29) is 0 Å². The molecule has 0 aromatic rings. The van der Waals surface area contributed by atoms with E-state index in [2.05, 4.69) is 0 Å². The molecule has 0 rings (SSSR count). The number of nitrogens with two attached hydrogens (primary N) is 2. The number of amides is 2. The molecule has 0 radical (unpaired) electrons. The van der Waals surface area contributed by atoms with Crippen molar-refractivity contribution in [1.82, 2.24) is 0 Å². The maximum atomic E-state index is 10.4. The molecule has 0 aromatic heterocycles. The van der Waals surface area contributed by atoms with Crippen LogP contribution < -0.4 is 11.5 Å². The van der Waals surface area contributed by atoms with Crippen LogP contribution in [0.2, 0.25) is 0 Å². The van der Waals surface area contributed by atoms with Gasteiger partial charge in [0.25, 0.3) is 0 Å². The van der Waals surface area contributed by atoms with Crippen LogP contribution in [-0.2, 0) is 9.47 Å². The Balaban J connectivity index is 3.01. The number of carbonyl (C=O) groups excluding carboxylic acids is 2. The molecular weight excluding hydrogens is 356 g/mol. The highest BCUT2D eigenvalue weighted by Gasteiger charge is 1.97. The summed E-state index contributed by atoms with van der Waals surface area (Å²) in [6, 6.07) is 0. The Kier molecular flexibility index (Phi) is 20.7. The fourth-order valence-corrected chi connectivity index (χ4v) is 3.38. The Bertz CT molecular complexity index is 330. The van der Waals surface area contributed by atoms with Crippen molar-refractivity contribution < 1.29 is 19.1 Å². The van der Waals surface area contributed by atoms with E-state index >= 15 is 0 Å². The number of ether oxygens (including phenoxy) is 2. The second-order valence-corrected chi connectivity index (χ2v) is 7.70. The van der Waals surface area contributed by atoms with Gasteiger partial charge in [-0.2, -0.15) is 0 Å². The molecule has 4 N–H and O–H groups in total. The van der Waals surface area contributed by atoms with E-state index in [1.807, 2.05) is 0 Å².